The molecular formula is C29H41N3O9. The summed E-state index contributed by atoms with van der Waals surface area (Å²) in [6, 6.07) is 10.2. The molecule has 1 aromatic heterocycles. The van der Waals surface area contributed by atoms with Crippen LogP contribution in [-0.4, -0.2) is 83.2 Å². The second-order valence-electron chi connectivity index (χ2n) is 11.7. The molecule has 6 N–H and O–H groups in total. The Hall–Kier alpha value is -3.74. The van der Waals surface area contributed by atoms with E-state index in [0.29, 0.717) is 11.8 Å². The topological polar surface area (TPSA) is 190 Å². The van der Waals surface area contributed by atoms with E-state index in [4.69, 9.17) is 25.2 Å². The Morgan fingerprint density at radius 3 is 1.93 bits per heavy atom. The summed E-state index contributed by atoms with van der Waals surface area (Å²) >= 11 is 0. The molecule has 1 fully saturated rings. The molecule has 2 heterocycles. The minimum atomic E-state index is -2.74. The number of phenols is 1. The van der Waals surface area contributed by atoms with Crippen LogP contribution in [0.15, 0.2) is 42.7 Å². The second-order valence-corrected chi connectivity index (χ2v) is 11.7. The van der Waals surface area contributed by atoms with Gasteiger partial charge in [-0.1, -0.05) is 6.07 Å². The van der Waals surface area contributed by atoms with E-state index < -0.39 is 36.4 Å². The van der Waals surface area contributed by atoms with Crippen LogP contribution < -0.4 is 10.1 Å². The summed E-state index contributed by atoms with van der Waals surface area (Å²) in [5, 5.41) is 47.5. The molecular weight excluding hydrogens is 534 g/mol. The van der Waals surface area contributed by atoms with Crippen LogP contribution >= 0.6 is 0 Å². The van der Waals surface area contributed by atoms with Crippen molar-refractivity contribution >= 4 is 17.9 Å². The first-order valence-electron chi connectivity index (χ1n) is 13.1. The largest absolute Gasteiger partial charge is 0.504 e. The van der Waals surface area contributed by atoms with Crippen molar-refractivity contribution in [1.82, 2.24) is 15.2 Å². The number of aliphatic carboxylic acids is 3. The van der Waals surface area contributed by atoms with Crippen molar-refractivity contribution in [3.63, 3.8) is 0 Å². The number of benzene rings is 1. The Labute approximate surface area is 239 Å². The zero-order chi connectivity index (χ0) is 31.0. The van der Waals surface area contributed by atoms with Gasteiger partial charge in [-0.2, -0.15) is 0 Å². The van der Waals surface area contributed by atoms with Gasteiger partial charge in [0.1, 0.15) is 0 Å². The van der Waals surface area contributed by atoms with Crippen molar-refractivity contribution in [3.05, 3.63) is 53.9 Å². The van der Waals surface area contributed by atoms with Gasteiger partial charge in [0, 0.05) is 42.6 Å². The summed E-state index contributed by atoms with van der Waals surface area (Å²) in [5.41, 5.74) is -0.185. The summed E-state index contributed by atoms with van der Waals surface area (Å²) in [6.45, 7) is 10.8. The van der Waals surface area contributed by atoms with Gasteiger partial charge in [-0.15, -0.1) is 0 Å². The Morgan fingerprint density at radius 1 is 0.951 bits per heavy atom. The normalized spacial score (nSPS) is 16.4. The van der Waals surface area contributed by atoms with Gasteiger partial charge in [-0.3, -0.25) is 19.5 Å². The number of carboxylic acid groups (broad SMARTS) is 3. The monoisotopic (exact) mass is 575 g/mol. The van der Waals surface area contributed by atoms with Gasteiger partial charge in [0.05, 0.1) is 20.0 Å². The highest BCUT2D eigenvalue weighted by atomic mass is 16.5. The minimum Gasteiger partial charge on any atom is -0.504 e. The third-order valence-electron chi connectivity index (χ3n) is 6.74. The number of hydrogen-bond donors (Lipinski definition) is 6. The number of phenolic OH excluding ortho intramolecular Hbond substituents is 1. The van der Waals surface area contributed by atoms with Gasteiger partial charge in [0.15, 0.2) is 17.1 Å². The van der Waals surface area contributed by atoms with Gasteiger partial charge in [-0.05, 0) is 75.9 Å². The number of pyridine rings is 1. The molecule has 0 bridgehead atoms. The summed E-state index contributed by atoms with van der Waals surface area (Å²) in [5.74, 6) is -4.32. The molecule has 1 aliphatic heterocycles. The molecule has 0 radical (unpaired) electrons. The molecule has 2 aromatic rings. The number of carboxylic acids is 3. The Morgan fingerprint density at radius 2 is 1.46 bits per heavy atom. The van der Waals surface area contributed by atoms with Crippen LogP contribution in [0.1, 0.15) is 64.5 Å². The van der Waals surface area contributed by atoms with E-state index in [1.165, 1.54) is 5.56 Å². The fourth-order valence-electron chi connectivity index (χ4n) is 5.33. The third-order valence-corrected chi connectivity index (χ3v) is 6.74. The van der Waals surface area contributed by atoms with Crippen LogP contribution in [0.4, 0.5) is 0 Å². The van der Waals surface area contributed by atoms with Gasteiger partial charge in [0.25, 0.3) is 0 Å². The highest BCUT2D eigenvalue weighted by Gasteiger charge is 2.41. The van der Waals surface area contributed by atoms with Gasteiger partial charge < -0.3 is 35.6 Å². The molecule has 0 saturated carbocycles. The molecule has 12 nitrogen and oxygen atoms in total. The number of nitrogens with one attached hydrogen (secondary N) is 1. The lowest BCUT2D eigenvalue weighted by atomic mass is 9.79. The molecule has 1 saturated heterocycles. The standard InChI is InChI=1S/C23H33N3O2.C6H8O7/c1-22(2)13-19(14-23(3,4)25-22)26(15-17-8-10-24-11-9-17)16-18-6-7-20(27)21(12-18)28-5;7-3(8)1-6(13,5(11)12)2-4(9)10/h6-12,19,25,27H,13-16H2,1-5H3;13H,1-2H2,(H,7,8)(H,9,10)(H,11,12). The minimum absolute atomic E-state index is 0.0789. The van der Waals surface area contributed by atoms with E-state index in [0.717, 1.165) is 31.5 Å². The molecule has 1 aliphatic rings. The van der Waals surface area contributed by atoms with Crippen molar-refractivity contribution < 1.29 is 44.7 Å². The Kier molecular flexibility index (Phi) is 11.2. The first kappa shape index (κ1) is 33.5. The van der Waals surface area contributed by atoms with Crippen LogP contribution in [0.3, 0.4) is 0 Å². The van der Waals surface area contributed by atoms with Gasteiger partial charge in [0.2, 0.25) is 0 Å². The number of methoxy groups -OCH3 is 1. The molecule has 0 atom stereocenters. The van der Waals surface area contributed by atoms with E-state index in [1.807, 2.05) is 24.5 Å². The molecule has 0 amide bonds. The van der Waals surface area contributed by atoms with E-state index in [-0.39, 0.29) is 16.8 Å². The Balaban J connectivity index is 0.000000383. The van der Waals surface area contributed by atoms with Crippen LogP contribution in [0, 0.1) is 0 Å². The lowest BCUT2D eigenvalue weighted by Crippen LogP contribution is -2.62. The SMILES string of the molecule is COc1cc(CN(Cc2ccncc2)C2CC(C)(C)NC(C)(C)C2)ccc1O.O=C(O)CC(O)(CC(=O)O)C(=O)O. The number of hydrogen-bond acceptors (Lipinski definition) is 9. The van der Waals surface area contributed by atoms with E-state index in [2.05, 4.69) is 55.0 Å². The van der Waals surface area contributed by atoms with Gasteiger partial charge >= 0.3 is 17.9 Å². The number of ether oxygens (including phenoxy) is 1. The molecule has 226 valence electrons. The fourth-order valence-corrected chi connectivity index (χ4v) is 5.33. The second kappa shape index (κ2) is 13.7. The maximum atomic E-state index is 10.3. The van der Waals surface area contributed by atoms with Crippen LogP contribution in [0.2, 0.25) is 0 Å². The van der Waals surface area contributed by atoms with E-state index >= 15 is 0 Å². The average molecular weight is 576 g/mol. The number of aliphatic hydroxyl groups is 1. The number of carbonyl (C=O) groups is 3. The maximum absolute atomic E-state index is 10.3. The first-order chi connectivity index (χ1) is 18.9. The van der Waals surface area contributed by atoms with Crippen molar-refractivity contribution in [2.24, 2.45) is 0 Å². The van der Waals surface area contributed by atoms with Crippen LogP contribution in [0.5, 0.6) is 11.5 Å². The number of rotatable bonds is 11. The average Bonchev–Trinajstić information content (AvgIpc) is 2.83. The zero-order valence-corrected chi connectivity index (χ0v) is 24.1. The van der Waals surface area contributed by atoms with Crippen molar-refractivity contribution in [2.75, 3.05) is 7.11 Å². The Bertz CT molecular complexity index is 1170. The van der Waals surface area contributed by atoms with Crippen LogP contribution in [-0.2, 0) is 27.5 Å². The maximum Gasteiger partial charge on any atom is 0.336 e. The first-order valence-corrected chi connectivity index (χ1v) is 13.1. The van der Waals surface area contributed by atoms with Crippen LogP contribution in [0.25, 0.3) is 0 Å². The molecule has 0 aliphatic carbocycles. The molecule has 3 rings (SSSR count). The predicted octanol–water partition coefficient (Wildman–Crippen LogP) is 2.86. The number of piperidine rings is 1. The quantitative estimate of drug-likeness (QED) is 0.230. The molecule has 0 spiro atoms. The van der Waals surface area contributed by atoms with E-state index in [1.54, 1.807) is 13.2 Å². The fraction of sp³-hybridized carbons (Fsp3) is 0.517. The van der Waals surface area contributed by atoms with Gasteiger partial charge in [-0.25, -0.2) is 4.79 Å². The smallest absolute Gasteiger partial charge is 0.336 e. The lowest BCUT2D eigenvalue weighted by Gasteiger charge is -2.49. The molecule has 1 aromatic carbocycles. The van der Waals surface area contributed by atoms with Crippen molar-refractivity contribution in [1.29, 1.82) is 0 Å². The highest BCUT2D eigenvalue weighted by molar-refractivity contribution is 5.88. The van der Waals surface area contributed by atoms with E-state index in [9.17, 15) is 19.5 Å². The summed E-state index contributed by atoms with van der Waals surface area (Å²) in [6.07, 6.45) is 3.58. The predicted molar refractivity (Wildman–Crippen MR) is 150 cm³/mol. The summed E-state index contributed by atoms with van der Waals surface area (Å²) in [4.78, 5) is 37.2. The summed E-state index contributed by atoms with van der Waals surface area (Å²) < 4.78 is 5.31. The lowest BCUT2D eigenvalue weighted by molar-refractivity contribution is -0.170. The molecule has 41 heavy (non-hydrogen) atoms. The third kappa shape index (κ3) is 10.6. The number of aromatic hydroxyl groups is 1. The summed E-state index contributed by atoms with van der Waals surface area (Å²) in [7, 11) is 1.59. The zero-order valence-electron chi connectivity index (χ0n) is 24.1. The van der Waals surface area contributed by atoms with Crippen molar-refractivity contribution in [2.45, 2.75) is 89.2 Å². The molecule has 0 unspecified atom stereocenters. The number of aromatic nitrogens is 1. The van der Waals surface area contributed by atoms with Crippen molar-refractivity contribution in [3.8, 4) is 11.5 Å². The highest BCUT2D eigenvalue weighted by Crippen LogP contribution is 2.34. The molecule has 12 heteroatoms. The number of nitrogens with zero attached hydrogens (tertiary/aromatic N) is 2.